The van der Waals surface area contributed by atoms with Gasteiger partial charge in [-0.1, -0.05) is 76.5 Å². The summed E-state index contributed by atoms with van der Waals surface area (Å²) < 4.78 is 0.908. The average Bonchev–Trinajstić information content (AvgIpc) is 3.34. The maximum atomic E-state index is 13.4. The summed E-state index contributed by atoms with van der Waals surface area (Å²) in [6.07, 6.45) is 0. The van der Waals surface area contributed by atoms with E-state index >= 15 is 0 Å². The highest BCUT2D eigenvalue weighted by Gasteiger charge is 2.48. The quantitative estimate of drug-likeness (QED) is 0.176. The molecule has 1 aliphatic rings. The van der Waals surface area contributed by atoms with Gasteiger partial charge in [-0.05, 0) is 55.7 Å². The van der Waals surface area contributed by atoms with E-state index in [1.807, 2.05) is 45.0 Å². The number of aliphatic hydroxyl groups excluding tert-OH is 1. The van der Waals surface area contributed by atoms with Gasteiger partial charge in [-0.25, -0.2) is 4.98 Å². The number of aliphatic hydroxyl groups is 1. The van der Waals surface area contributed by atoms with Crippen molar-refractivity contribution in [1.29, 1.82) is 0 Å². The molecule has 1 saturated heterocycles. The number of hydrogen-bond donors (Lipinski definition) is 1. The van der Waals surface area contributed by atoms with Crippen molar-refractivity contribution >= 4 is 67.3 Å². The Balaban J connectivity index is 1.76. The van der Waals surface area contributed by atoms with Gasteiger partial charge in [-0.2, -0.15) is 0 Å². The lowest BCUT2D eigenvalue weighted by atomic mass is 9.95. The van der Waals surface area contributed by atoms with Gasteiger partial charge in [0.2, 0.25) is 0 Å². The number of rotatable bonds is 3. The fourth-order valence-corrected chi connectivity index (χ4v) is 5.83. The maximum Gasteiger partial charge on any atom is 0.301 e. The summed E-state index contributed by atoms with van der Waals surface area (Å²) in [6, 6.07) is 15.1. The van der Waals surface area contributed by atoms with Crippen LogP contribution in [0.3, 0.4) is 0 Å². The van der Waals surface area contributed by atoms with Gasteiger partial charge in [-0.15, -0.1) is 0 Å². The van der Waals surface area contributed by atoms with Crippen LogP contribution in [0.4, 0.5) is 5.13 Å². The molecule has 4 aromatic rings. The van der Waals surface area contributed by atoms with E-state index in [9.17, 15) is 14.7 Å². The van der Waals surface area contributed by atoms with Crippen LogP contribution in [-0.2, 0) is 9.59 Å². The number of Topliss-reactive ketones (excluding diaryl/α,β-unsaturated/α-hetero) is 1. The van der Waals surface area contributed by atoms with Gasteiger partial charge in [0.1, 0.15) is 5.76 Å². The molecule has 35 heavy (non-hydrogen) atoms. The number of aromatic nitrogens is 1. The highest BCUT2D eigenvalue weighted by molar-refractivity contribution is 7.22. The van der Waals surface area contributed by atoms with Crippen molar-refractivity contribution < 1.29 is 14.7 Å². The van der Waals surface area contributed by atoms with E-state index in [4.69, 9.17) is 28.2 Å². The third-order valence-electron chi connectivity index (χ3n) is 6.05. The summed E-state index contributed by atoms with van der Waals surface area (Å²) in [6.45, 7) is 5.88. The molecule has 1 amide bonds. The van der Waals surface area contributed by atoms with Crippen LogP contribution in [0, 0.1) is 20.8 Å². The number of ketones is 1. The minimum Gasteiger partial charge on any atom is -0.507 e. The van der Waals surface area contributed by atoms with Crippen molar-refractivity contribution in [2.24, 2.45) is 0 Å². The molecule has 1 atom stereocenters. The second kappa shape index (κ2) is 8.79. The zero-order valence-corrected chi connectivity index (χ0v) is 21.4. The van der Waals surface area contributed by atoms with Crippen LogP contribution >= 0.6 is 34.5 Å². The third kappa shape index (κ3) is 4.01. The Morgan fingerprint density at radius 3 is 2.34 bits per heavy atom. The van der Waals surface area contributed by atoms with Crippen LogP contribution in [0.2, 0.25) is 10.0 Å². The fourth-order valence-electron chi connectivity index (χ4n) is 4.36. The number of hydrogen-bond acceptors (Lipinski definition) is 5. The molecule has 5 nitrogen and oxygen atoms in total. The Bertz CT molecular complexity index is 1560. The number of benzene rings is 3. The Morgan fingerprint density at radius 2 is 1.66 bits per heavy atom. The molecule has 0 bridgehead atoms. The predicted octanol–water partition coefficient (Wildman–Crippen LogP) is 7.15. The van der Waals surface area contributed by atoms with Crippen LogP contribution in [0.15, 0.2) is 60.2 Å². The van der Waals surface area contributed by atoms with Gasteiger partial charge in [0, 0.05) is 5.56 Å². The minimum absolute atomic E-state index is 0.0237. The lowest BCUT2D eigenvalue weighted by Gasteiger charge is -2.23. The lowest BCUT2D eigenvalue weighted by molar-refractivity contribution is -0.132. The van der Waals surface area contributed by atoms with E-state index in [2.05, 4.69) is 0 Å². The molecular formula is C27H20Cl2N2O3S. The van der Waals surface area contributed by atoms with Crippen LogP contribution in [0.25, 0.3) is 16.0 Å². The Hall–Kier alpha value is -3.19. The maximum absolute atomic E-state index is 13.4. The standard InChI is InChI=1S/C27H20Cl2N2O3S/c1-13-4-6-16(7-5-13)24(32)21-23(17-8-9-18(28)19(29)12-17)31(26(34)25(21)33)27-30-22-15(3)10-14(2)11-20(22)35-27/h4-12,23,32H,1-3H3/b24-21+. The molecule has 1 N–H and O–H groups in total. The molecule has 1 fully saturated rings. The summed E-state index contributed by atoms with van der Waals surface area (Å²) in [5, 5.41) is 12.2. The first kappa shape index (κ1) is 23.5. The number of halogens is 2. The highest BCUT2D eigenvalue weighted by Crippen LogP contribution is 2.45. The van der Waals surface area contributed by atoms with E-state index in [0.717, 1.165) is 26.9 Å². The summed E-state index contributed by atoms with van der Waals surface area (Å²) in [5.41, 5.74) is 4.78. The van der Waals surface area contributed by atoms with Gasteiger partial charge in [0.05, 0.1) is 31.9 Å². The van der Waals surface area contributed by atoms with Gasteiger partial charge >= 0.3 is 5.91 Å². The number of amides is 1. The van der Waals surface area contributed by atoms with Gasteiger partial charge < -0.3 is 5.11 Å². The van der Waals surface area contributed by atoms with Crippen molar-refractivity contribution in [3.8, 4) is 0 Å². The number of carbonyl (C=O) groups is 2. The van der Waals surface area contributed by atoms with Crippen molar-refractivity contribution in [3.63, 3.8) is 0 Å². The van der Waals surface area contributed by atoms with Crippen molar-refractivity contribution in [2.45, 2.75) is 26.8 Å². The molecule has 0 spiro atoms. The molecule has 3 aromatic carbocycles. The predicted molar refractivity (Wildman–Crippen MR) is 142 cm³/mol. The monoisotopic (exact) mass is 522 g/mol. The second-order valence-electron chi connectivity index (χ2n) is 8.63. The largest absolute Gasteiger partial charge is 0.507 e. The van der Waals surface area contributed by atoms with E-state index in [-0.39, 0.29) is 16.4 Å². The molecule has 0 saturated carbocycles. The SMILES string of the molecule is Cc1ccc(/C(O)=C2\C(=O)C(=O)N(c3nc4c(C)cc(C)cc4s3)C2c2ccc(Cl)c(Cl)c2)cc1. The lowest BCUT2D eigenvalue weighted by Crippen LogP contribution is -2.29. The molecule has 176 valence electrons. The van der Waals surface area contributed by atoms with E-state index in [0.29, 0.717) is 21.3 Å². The molecule has 2 heterocycles. The molecule has 1 unspecified atom stereocenters. The summed E-state index contributed by atoms with van der Waals surface area (Å²) in [5.74, 6) is -1.80. The summed E-state index contributed by atoms with van der Waals surface area (Å²) in [7, 11) is 0. The normalized spacial score (nSPS) is 17.5. The number of thiazole rings is 1. The van der Waals surface area contributed by atoms with E-state index < -0.39 is 17.7 Å². The highest BCUT2D eigenvalue weighted by atomic mass is 35.5. The topological polar surface area (TPSA) is 70.5 Å². The Labute approximate surface area is 216 Å². The van der Waals surface area contributed by atoms with Gasteiger partial charge in [0.15, 0.2) is 5.13 Å². The van der Waals surface area contributed by atoms with Gasteiger partial charge in [0.25, 0.3) is 5.78 Å². The van der Waals surface area contributed by atoms with E-state index in [1.165, 1.54) is 16.2 Å². The smallest absolute Gasteiger partial charge is 0.301 e. The van der Waals surface area contributed by atoms with Crippen LogP contribution in [0.5, 0.6) is 0 Å². The van der Waals surface area contributed by atoms with Crippen LogP contribution in [0.1, 0.15) is 33.9 Å². The number of nitrogens with zero attached hydrogens (tertiary/aromatic N) is 2. The molecule has 1 aromatic heterocycles. The minimum atomic E-state index is -0.923. The Morgan fingerprint density at radius 1 is 0.943 bits per heavy atom. The summed E-state index contributed by atoms with van der Waals surface area (Å²) in [4.78, 5) is 32.8. The van der Waals surface area contributed by atoms with Crippen LogP contribution in [-0.4, -0.2) is 21.8 Å². The molecule has 5 rings (SSSR count). The van der Waals surface area contributed by atoms with Crippen molar-refractivity contribution in [1.82, 2.24) is 4.98 Å². The van der Waals surface area contributed by atoms with Gasteiger partial charge in [-0.3, -0.25) is 14.5 Å². The second-order valence-corrected chi connectivity index (χ2v) is 10.5. The zero-order valence-electron chi connectivity index (χ0n) is 19.1. The molecule has 1 aliphatic heterocycles. The molecule has 8 heteroatoms. The number of carbonyl (C=O) groups excluding carboxylic acids is 2. The molecule has 0 aliphatic carbocycles. The van der Waals surface area contributed by atoms with Crippen molar-refractivity contribution in [2.75, 3.05) is 4.90 Å². The first-order chi connectivity index (χ1) is 16.7. The number of anilines is 1. The molecular weight excluding hydrogens is 503 g/mol. The average molecular weight is 523 g/mol. The number of fused-ring (bicyclic) bond motifs is 1. The zero-order chi connectivity index (χ0) is 25.0. The molecule has 0 radical (unpaired) electrons. The third-order valence-corrected chi connectivity index (χ3v) is 7.79. The van der Waals surface area contributed by atoms with Crippen molar-refractivity contribution in [3.05, 3.63) is 98.0 Å². The van der Waals surface area contributed by atoms with E-state index in [1.54, 1.807) is 30.3 Å². The number of aryl methyl sites for hydroxylation is 3. The first-order valence-corrected chi connectivity index (χ1v) is 12.4. The first-order valence-electron chi connectivity index (χ1n) is 10.9. The summed E-state index contributed by atoms with van der Waals surface area (Å²) >= 11 is 13.8. The van der Waals surface area contributed by atoms with Crippen LogP contribution < -0.4 is 4.90 Å². The Kier molecular flexibility index (Phi) is 5.91. The fraction of sp³-hybridized carbons (Fsp3) is 0.148.